The molecule has 1 saturated heterocycles. The molecule has 1 heterocycles. The lowest BCUT2D eigenvalue weighted by Gasteiger charge is -2.35. The molecule has 0 atom stereocenters. The van der Waals surface area contributed by atoms with Crippen LogP contribution in [0.3, 0.4) is 0 Å². The molecule has 1 aliphatic heterocycles. The molecule has 0 saturated carbocycles. The number of hydrogen-bond acceptors (Lipinski definition) is 2. The predicted molar refractivity (Wildman–Crippen MR) is 67.4 cm³/mol. The van der Waals surface area contributed by atoms with Gasteiger partial charge in [0.2, 0.25) is 11.8 Å². The third kappa shape index (κ3) is 4.36. The summed E-state index contributed by atoms with van der Waals surface area (Å²) in [6.45, 7) is 9.79. The van der Waals surface area contributed by atoms with Gasteiger partial charge in [0.05, 0.1) is 0 Å². The van der Waals surface area contributed by atoms with E-state index in [4.69, 9.17) is 0 Å². The molecule has 1 fully saturated rings. The Morgan fingerprint density at radius 2 is 1.76 bits per heavy atom. The van der Waals surface area contributed by atoms with E-state index >= 15 is 0 Å². The summed E-state index contributed by atoms with van der Waals surface area (Å²) in [7, 11) is 0. The summed E-state index contributed by atoms with van der Waals surface area (Å²) in [5.74, 6) is 0.775. The minimum Gasteiger partial charge on any atom is -0.356 e. The Morgan fingerprint density at radius 3 is 2.18 bits per heavy atom. The van der Waals surface area contributed by atoms with Crippen molar-refractivity contribution in [2.45, 2.75) is 40.5 Å². The van der Waals surface area contributed by atoms with Crippen LogP contribution in [0.4, 0.5) is 0 Å². The van der Waals surface area contributed by atoms with Crippen molar-refractivity contribution in [1.29, 1.82) is 0 Å². The monoisotopic (exact) mass is 240 g/mol. The van der Waals surface area contributed by atoms with Crippen molar-refractivity contribution in [3.05, 3.63) is 0 Å². The van der Waals surface area contributed by atoms with Gasteiger partial charge in [-0.3, -0.25) is 9.59 Å². The Morgan fingerprint density at radius 1 is 1.24 bits per heavy atom. The Balaban J connectivity index is 2.36. The maximum Gasteiger partial charge on any atom is 0.227 e. The summed E-state index contributed by atoms with van der Waals surface area (Å²) < 4.78 is 0. The Bertz CT molecular complexity index is 286. The first-order valence-electron chi connectivity index (χ1n) is 6.34. The maximum atomic E-state index is 12.0. The van der Waals surface area contributed by atoms with Gasteiger partial charge >= 0.3 is 0 Å². The Hall–Kier alpha value is -1.06. The van der Waals surface area contributed by atoms with E-state index < -0.39 is 0 Å². The van der Waals surface area contributed by atoms with E-state index in [0.29, 0.717) is 5.92 Å². The summed E-state index contributed by atoms with van der Waals surface area (Å²) in [6, 6.07) is 0. The smallest absolute Gasteiger partial charge is 0.227 e. The lowest BCUT2D eigenvalue weighted by atomic mass is 9.91. The molecule has 0 aromatic heterocycles. The molecule has 4 heteroatoms. The van der Waals surface area contributed by atoms with Crippen molar-refractivity contribution in [1.82, 2.24) is 10.2 Å². The van der Waals surface area contributed by atoms with E-state index in [2.05, 4.69) is 5.32 Å². The topological polar surface area (TPSA) is 49.4 Å². The standard InChI is InChI=1S/C13H24N2O2/c1-10(16)14-9-11-5-7-15(8-6-11)12(17)13(2,3)4/h11H,5-9H2,1-4H3,(H,14,16). The highest BCUT2D eigenvalue weighted by atomic mass is 16.2. The molecule has 0 unspecified atom stereocenters. The number of carbonyl (C=O) groups excluding carboxylic acids is 2. The first kappa shape index (κ1) is 14.0. The Labute approximate surface area is 104 Å². The van der Waals surface area contributed by atoms with Gasteiger partial charge in [-0.15, -0.1) is 0 Å². The number of nitrogens with zero attached hydrogens (tertiary/aromatic N) is 1. The maximum absolute atomic E-state index is 12.0. The fourth-order valence-corrected chi connectivity index (χ4v) is 2.10. The van der Waals surface area contributed by atoms with Gasteiger partial charge in [0.25, 0.3) is 0 Å². The van der Waals surface area contributed by atoms with Crippen LogP contribution in [0.5, 0.6) is 0 Å². The van der Waals surface area contributed by atoms with Crippen LogP contribution in [0.1, 0.15) is 40.5 Å². The molecule has 17 heavy (non-hydrogen) atoms. The van der Waals surface area contributed by atoms with Crippen molar-refractivity contribution in [3.8, 4) is 0 Å². The average molecular weight is 240 g/mol. The van der Waals surface area contributed by atoms with E-state index in [9.17, 15) is 9.59 Å². The van der Waals surface area contributed by atoms with Crippen LogP contribution in [0.15, 0.2) is 0 Å². The SMILES string of the molecule is CC(=O)NCC1CCN(C(=O)C(C)(C)C)CC1. The van der Waals surface area contributed by atoms with Crippen LogP contribution >= 0.6 is 0 Å². The van der Waals surface area contributed by atoms with E-state index in [-0.39, 0.29) is 17.2 Å². The minimum absolute atomic E-state index is 0.0261. The molecule has 1 aliphatic rings. The molecular formula is C13H24N2O2. The van der Waals surface area contributed by atoms with Crippen molar-refractivity contribution < 1.29 is 9.59 Å². The zero-order chi connectivity index (χ0) is 13.1. The second kappa shape index (κ2) is 5.52. The number of rotatable bonds is 2. The van der Waals surface area contributed by atoms with Crippen LogP contribution in [0, 0.1) is 11.3 Å². The van der Waals surface area contributed by atoms with Crippen LogP contribution in [-0.4, -0.2) is 36.3 Å². The number of piperidine rings is 1. The minimum atomic E-state index is -0.287. The molecule has 1 N–H and O–H groups in total. The first-order chi connectivity index (χ1) is 7.80. The zero-order valence-electron chi connectivity index (χ0n) is 11.4. The molecule has 4 nitrogen and oxygen atoms in total. The summed E-state index contributed by atoms with van der Waals surface area (Å²) in [6.07, 6.45) is 1.98. The van der Waals surface area contributed by atoms with Crippen molar-refractivity contribution in [3.63, 3.8) is 0 Å². The van der Waals surface area contributed by atoms with Gasteiger partial charge < -0.3 is 10.2 Å². The lowest BCUT2D eigenvalue weighted by molar-refractivity contribution is -0.141. The van der Waals surface area contributed by atoms with Crippen molar-refractivity contribution in [2.75, 3.05) is 19.6 Å². The number of amides is 2. The number of carbonyl (C=O) groups is 2. The van der Waals surface area contributed by atoms with Crippen LogP contribution in [0.2, 0.25) is 0 Å². The van der Waals surface area contributed by atoms with Gasteiger partial charge in [-0.1, -0.05) is 20.8 Å². The molecule has 0 radical (unpaired) electrons. The second-order valence-electron chi connectivity index (χ2n) is 5.92. The van der Waals surface area contributed by atoms with E-state index in [1.165, 1.54) is 6.92 Å². The molecule has 0 aromatic rings. The highest BCUT2D eigenvalue weighted by Crippen LogP contribution is 2.23. The fraction of sp³-hybridized carbons (Fsp3) is 0.846. The first-order valence-corrected chi connectivity index (χ1v) is 6.34. The van der Waals surface area contributed by atoms with E-state index in [1.807, 2.05) is 25.7 Å². The third-order valence-corrected chi connectivity index (χ3v) is 3.18. The predicted octanol–water partition coefficient (Wildman–Crippen LogP) is 1.41. The molecule has 2 amide bonds. The summed E-state index contributed by atoms with van der Waals surface area (Å²) in [5.41, 5.74) is -0.287. The molecule has 0 bridgehead atoms. The number of hydrogen-bond donors (Lipinski definition) is 1. The zero-order valence-corrected chi connectivity index (χ0v) is 11.4. The largest absolute Gasteiger partial charge is 0.356 e. The van der Waals surface area contributed by atoms with Gasteiger partial charge in [-0.25, -0.2) is 0 Å². The van der Waals surface area contributed by atoms with Crippen LogP contribution in [0.25, 0.3) is 0 Å². The highest BCUT2D eigenvalue weighted by Gasteiger charge is 2.30. The molecule has 1 rings (SSSR count). The van der Waals surface area contributed by atoms with Gasteiger partial charge in [-0.05, 0) is 18.8 Å². The fourth-order valence-electron chi connectivity index (χ4n) is 2.10. The third-order valence-electron chi connectivity index (χ3n) is 3.18. The van der Waals surface area contributed by atoms with Crippen molar-refractivity contribution in [2.24, 2.45) is 11.3 Å². The summed E-state index contributed by atoms with van der Waals surface area (Å²) in [4.78, 5) is 24.8. The number of nitrogens with one attached hydrogen (secondary N) is 1. The van der Waals surface area contributed by atoms with Crippen molar-refractivity contribution >= 4 is 11.8 Å². The highest BCUT2D eigenvalue weighted by molar-refractivity contribution is 5.81. The molecular weight excluding hydrogens is 216 g/mol. The quantitative estimate of drug-likeness (QED) is 0.793. The van der Waals surface area contributed by atoms with Crippen LogP contribution < -0.4 is 5.32 Å². The van der Waals surface area contributed by atoms with Crippen LogP contribution in [-0.2, 0) is 9.59 Å². The Kier molecular flexibility index (Phi) is 4.54. The lowest BCUT2D eigenvalue weighted by Crippen LogP contribution is -2.45. The van der Waals surface area contributed by atoms with Gasteiger partial charge in [0, 0.05) is 32.0 Å². The summed E-state index contributed by atoms with van der Waals surface area (Å²) >= 11 is 0. The molecule has 0 aliphatic carbocycles. The summed E-state index contributed by atoms with van der Waals surface area (Å²) in [5, 5.41) is 2.85. The second-order valence-corrected chi connectivity index (χ2v) is 5.92. The van der Waals surface area contributed by atoms with Gasteiger partial charge in [-0.2, -0.15) is 0 Å². The van der Waals surface area contributed by atoms with Gasteiger partial charge in [0.1, 0.15) is 0 Å². The normalized spacial score (nSPS) is 18.0. The molecule has 0 spiro atoms. The van der Waals surface area contributed by atoms with Gasteiger partial charge in [0.15, 0.2) is 0 Å². The molecule has 98 valence electrons. The number of likely N-dealkylation sites (tertiary alicyclic amines) is 1. The van der Waals surface area contributed by atoms with E-state index in [0.717, 1.165) is 32.5 Å². The molecule has 0 aromatic carbocycles. The van der Waals surface area contributed by atoms with E-state index in [1.54, 1.807) is 0 Å². The average Bonchev–Trinajstić information content (AvgIpc) is 2.25.